The zero-order valence-corrected chi connectivity index (χ0v) is 17.0. The highest BCUT2D eigenvalue weighted by atomic mass is 16.6. The van der Waals surface area contributed by atoms with Crippen molar-refractivity contribution in [2.24, 2.45) is 0 Å². The predicted octanol–water partition coefficient (Wildman–Crippen LogP) is 1.37. The Morgan fingerprint density at radius 1 is 1.19 bits per heavy atom. The second-order valence-corrected chi connectivity index (χ2v) is 8.54. The second-order valence-electron chi connectivity index (χ2n) is 8.54. The van der Waals surface area contributed by atoms with Gasteiger partial charge in [0.05, 0.1) is 34.6 Å². The van der Waals surface area contributed by atoms with Gasteiger partial charge in [0, 0.05) is 23.2 Å². The minimum absolute atomic E-state index is 0.0686. The Morgan fingerprint density at radius 3 is 2.77 bits per heavy atom. The molecule has 158 valence electrons. The first-order chi connectivity index (χ1) is 14.9. The van der Waals surface area contributed by atoms with E-state index in [0.717, 1.165) is 36.2 Å². The Morgan fingerprint density at radius 2 is 2.00 bits per heavy atom. The van der Waals surface area contributed by atoms with Gasteiger partial charge in [-0.3, -0.25) is 9.59 Å². The fraction of sp³-hybridized carbons (Fsp3) is 0.348. The number of nitrogens with zero attached hydrogens (tertiary/aromatic N) is 2. The van der Waals surface area contributed by atoms with Crippen molar-refractivity contribution >= 4 is 22.6 Å². The highest BCUT2D eigenvalue weighted by Gasteiger charge is 2.45. The van der Waals surface area contributed by atoms with Gasteiger partial charge in [-0.2, -0.15) is 0 Å². The Kier molecular flexibility index (Phi) is 3.47. The van der Waals surface area contributed by atoms with E-state index in [9.17, 15) is 19.5 Å². The summed E-state index contributed by atoms with van der Waals surface area (Å²) in [6, 6.07) is 5.15. The number of esters is 1. The first-order valence-corrected chi connectivity index (χ1v) is 10.5. The third kappa shape index (κ3) is 2.10. The molecule has 2 aromatic heterocycles. The van der Waals surface area contributed by atoms with Gasteiger partial charge in [0.1, 0.15) is 6.61 Å². The molecule has 0 radical (unpaired) electrons. The number of pyridine rings is 2. The Balaban J connectivity index is 1.73. The van der Waals surface area contributed by atoms with Crippen molar-refractivity contribution in [3.8, 4) is 11.3 Å². The molecule has 3 aliphatic rings. The number of nitrogen functional groups attached to an aromatic ring is 1. The van der Waals surface area contributed by atoms with Gasteiger partial charge in [-0.15, -0.1) is 0 Å². The van der Waals surface area contributed by atoms with Crippen molar-refractivity contribution in [1.29, 1.82) is 0 Å². The number of benzene rings is 1. The van der Waals surface area contributed by atoms with Crippen molar-refractivity contribution in [2.45, 2.75) is 51.5 Å². The van der Waals surface area contributed by atoms with Crippen LogP contribution in [-0.2, 0) is 41.2 Å². The summed E-state index contributed by atoms with van der Waals surface area (Å²) < 4.78 is 8.78. The molecule has 0 saturated heterocycles. The minimum Gasteiger partial charge on any atom is -0.458 e. The summed E-state index contributed by atoms with van der Waals surface area (Å²) in [4.78, 5) is 39.3. The van der Waals surface area contributed by atoms with Crippen LogP contribution >= 0.6 is 0 Å². The van der Waals surface area contributed by atoms with Crippen molar-refractivity contribution in [1.82, 2.24) is 9.13 Å². The maximum absolute atomic E-state index is 13.6. The van der Waals surface area contributed by atoms with E-state index in [4.69, 9.17) is 10.5 Å². The first kappa shape index (κ1) is 18.4. The van der Waals surface area contributed by atoms with Crippen LogP contribution in [-0.4, -0.2) is 20.2 Å². The van der Waals surface area contributed by atoms with Gasteiger partial charge in [-0.05, 0) is 43.0 Å². The second kappa shape index (κ2) is 5.85. The molecule has 6 rings (SSSR count). The van der Waals surface area contributed by atoms with Crippen LogP contribution in [0, 0.1) is 0 Å². The molecular weight excluding hydrogens is 398 g/mol. The van der Waals surface area contributed by atoms with Crippen LogP contribution in [0.15, 0.2) is 27.8 Å². The number of hydrogen-bond donors (Lipinski definition) is 2. The summed E-state index contributed by atoms with van der Waals surface area (Å²) in [7, 11) is 0. The molecule has 0 saturated carbocycles. The number of cyclic esters (lactones) is 1. The summed E-state index contributed by atoms with van der Waals surface area (Å²) in [5, 5.41) is 11.6. The number of aliphatic hydroxyl groups is 1. The number of carbonyl (C=O) groups is 1. The lowest BCUT2D eigenvalue weighted by Gasteiger charge is -2.31. The van der Waals surface area contributed by atoms with Gasteiger partial charge in [0.2, 0.25) is 0 Å². The molecule has 0 bridgehead atoms. The summed E-state index contributed by atoms with van der Waals surface area (Å²) >= 11 is 0. The van der Waals surface area contributed by atoms with Gasteiger partial charge in [-0.1, -0.05) is 6.92 Å². The maximum atomic E-state index is 13.6. The fourth-order valence-corrected chi connectivity index (χ4v) is 5.44. The normalized spacial score (nSPS) is 20.9. The van der Waals surface area contributed by atoms with Gasteiger partial charge >= 0.3 is 5.97 Å². The van der Waals surface area contributed by atoms with Crippen LogP contribution in [0.2, 0.25) is 0 Å². The summed E-state index contributed by atoms with van der Waals surface area (Å²) in [5.41, 5.74) is 8.50. The molecule has 0 fully saturated rings. The number of hydrogen-bond acceptors (Lipinski definition) is 6. The van der Waals surface area contributed by atoms with E-state index in [0.29, 0.717) is 22.3 Å². The van der Waals surface area contributed by atoms with Gasteiger partial charge in [0.25, 0.3) is 5.56 Å². The maximum Gasteiger partial charge on any atom is 0.343 e. The fourth-order valence-electron chi connectivity index (χ4n) is 5.44. The number of aromatic nitrogens is 2. The molecule has 5 heterocycles. The van der Waals surface area contributed by atoms with Crippen LogP contribution in [0.3, 0.4) is 0 Å². The van der Waals surface area contributed by atoms with E-state index in [-0.39, 0.29) is 41.7 Å². The Labute approximate surface area is 176 Å². The van der Waals surface area contributed by atoms with Gasteiger partial charge < -0.3 is 24.7 Å². The van der Waals surface area contributed by atoms with Crippen molar-refractivity contribution < 1.29 is 14.6 Å². The van der Waals surface area contributed by atoms with Gasteiger partial charge in [-0.25, -0.2) is 4.79 Å². The van der Waals surface area contributed by atoms with Crippen molar-refractivity contribution in [2.75, 3.05) is 5.73 Å². The summed E-state index contributed by atoms with van der Waals surface area (Å²) in [6.45, 7) is 2.47. The zero-order chi connectivity index (χ0) is 21.7. The number of fused-ring (bicyclic) bond motifs is 5. The molecule has 8 nitrogen and oxygen atoms in total. The lowest BCUT2D eigenvalue weighted by molar-refractivity contribution is -0.172. The third-order valence-corrected chi connectivity index (χ3v) is 7.09. The smallest absolute Gasteiger partial charge is 0.343 e. The lowest BCUT2D eigenvalue weighted by Crippen LogP contribution is -2.44. The molecule has 3 N–H and O–H groups in total. The quantitative estimate of drug-likeness (QED) is 0.356. The molecule has 3 aliphatic heterocycles. The van der Waals surface area contributed by atoms with Crippen LogP contribution < -0.4 is 16.7 Å². The third-order valence-electron chi connectivity index (χ3n) is 7.09. The summed E-state index contributed by atoms with van der Waals surface area (Å²) in [5.74, 6) is -0.768. The number of rotatable bonds is 1. The highest BCUT2D eigenvalue weighted by Crippen LogP contribution is 2.39. The molecule has 0 amide bonds. The number of ether oxygens (including phenoxy) is 1. The predicted molar refractivity (Wildman–Crippen MR) is 114 cm³/mol. The molecule has 31 heavy (non-hydrogen) atoms. The first-order valence-electron chi connectivity index (χ1n) is 10.5. The average Bonchev–Trinajstić information content (AvgIpc) is 3.16. The molecule has 0 spiro atoms. The standard InChI is InChI=1S/C23H21N3O5/c1-2-23(30)14-8-16-18-17(9-26(16)21(28)13(14)10-31-22(23)29)25-7-3-4-11-15(24)6-5-12(19(11)25)20(18)27/h5-6,8,30H,2-4,7,9-10,24H2,1H3/t23-/m0/s1. The van der Waals surface area contributed by atoms with Crippen LogP contribution in [0.1, 0.15) is 42.1 Å². The number of aryl methyl sites for hydroxylation is 2. The minimum atomic E-state index is -1.89. The topological polar surface area (TPSA) is 117 Å². The molecule has 0 aliphatic carbocycles. The molecular formula is C23H21N3O5. The monoisotopic (exact) mass is 419 g/mol. The highest BCUT2D eigenvalue weighted by molar-refractivity contribution is 5.92. The SMILES string of the molecule is CC[C@@]1(O)C(=O)OCc2c1cc1n(c2=O)Cc2c-1c(=O)c1ccc(N)c3c1n2CCC3. The van der Waals surface area contributed by atoms with Crippen LogP contribution in [0.4, 0.5) is 5.69 Å². The van der Waals surface area contributed by atoms with E-state index in [2.05, 4.69) is 4.57 Å². The largest absolute Gasteiger partial charge is 0.458 e. The molecule has 0 unspecified atom stereocenters. The van der Waals surface area contributed by atoms with Crippen molar-refractivity contribution in [3.63, 3.8) is 0 Å². The van der Waals surface area contributed by atoms with E-state index in [1.807, 2.05) is 0 Å². The van der Waals surface area contributed by atoms with Gasteiger partial charge in [0.15, 0.2) is 11.0 Å². The molecule has 1 aromatic carbocycles. The van der Waals surface area contributed by atoms with Crippen LogP contribution in [0.25, 0.3) is 22.2 Å². The van der Waals surface area contributed by atoms with E-state index in [1.54, 1.807) is 29.7 Å². The van der Waals surface area contributed by atoms with E-state index in [1.165, 1.54) is 0 Å². The zero-order valence-electron chi connectivity index (χ0n) is 17.0. The molecule has 3 aromatic rings. The van der Waals surface area contributed by atoms with E-state index < -0.39 is 11.6 Å². The molecule has 8 heteroatoms. The van der Waals surface area contributed by atoms with Crippen molar-refractivity contribution in [3.05, 3.63) is 61.2 Å². The van der Waals surface area contributed by atoms with Crippen LogP contribution in [0.5, 0.6) is 0 Å². The van der Waals surface area contributed by atoms with E-state index >= 15 is 0 Å². The lowest BCUT2D eigenvalue weighted by atomic mass is 9.85. The molecule has 1 atom stereocenters. The Bertz CT molecular complexity index is 1470. The summed E-state index contributed by atoms with van der Waals surface area (Å²) in [6.07, 6.45) is 1.77. The number of nitrogens with two attached hydrogens (primary N) is 1. The number of carbonyl (C=O) groups excluding carboxylic acids is 1. The number of anilines is 1. The average molecular weight is 419 g/mol. The Hall–Kier alpha value is -3.39.